The van der Waals surface area contributed by atoms with Crippen LogP contribution in [0.25, 0.3) is 0 Å². The Balaban J connectivity index is 1.93. The number of rotatable bonds is 5. The van der Waals surface area contributed by atoms with Crippen LogP contribution in [0.3, 0.4) is 0 Å². The molecule has 2 unspecified atom stereocenters. The normalized spacial score (nSPS) is 21.1. The Hall–Kier alpha value is -1.13. The quantitative estimate of drug-likeness (QED) is 0.892. The van der Waals surface area contributed by atoms with E-state index in [2.05, 4.69) is 0 Å². The van der Waals surface area contributed by atoms with E-state index in [1.54, 1.807) is 0 Å². The molecule has 4 heteroatoms. The van der Waals surface area contributed by atoms with Gasteiger partial charge in [-0.25, -0.2) is 4.39 Å². The van der Waals surface area contributed by atoms with Gasteiger partial charge in [0.2, 0.25) is 0 Å². The van der Waals surface area contributed by atoms with E-state index in [-0.39, 0.29) is 18.0 Å². The van der Waals surface area contributed by atoms with Gasteiger partial charge < -0.3 is 15.2 Å². The van der Waals surface area contributed by atoms with Crippen molar-refractivity contribution in [1.29, 1.82) is 0 Å². The van der Waals surface area contributed by atoms with Crippen molar-refractivity contribution in [2.75, 3.05) is 13.2 Å². The molecule has 0 amide bonds. The predicted octanol–water partition coefficient (Wildman–Crippen LogP) is 2.66. The molecule has 0 spiro atoms. The van der Waals surface area contributed by atoms with Crippen LogP contribution in [0.5, 0.6) is 5.75 Å². The van der Waals surface area contributed by atoms with Gasteiger partial charge in [-0.1, -0.05) is 0 Å². The van der Waals surface area contributed by atoms with Crippen LogP contribution in [0.15, 0.2) is 18.2 Å². The van der Waals surface area contributed by atoms with E-state index >= 15 is 0 Å². The first-order valence-corrected chi connectivity index (χ1v) is 6.93. The Labute approximate surface area is 113 Å². The summed E-state index contributed by atoms with van der Waals surface area (Å²) in [7, 11) is 0. The highest BCUT2D eigenvalue weighted by Gasteiger charge is 2.14. The lowest BCUT2D eigenvalue weighted by Gasteiger charge is -2.22. The summed E-state index contributed by atoms with van der Waals surface area (Å²) in [5.74, 6) is 0.280. The maximum absolute atomic E-state index is 13.5. The number of hydrogen-bond acceptors (Lipinski definition) is 3. The van der Waals surface area contributed by atoms with E-state index in [1.807, 2.05) is 13.0 Å². The van der Waals surface area contributed by atoms with Gasteiger partial charge in [0, 0.05) is 18.7 Å². The molecule has 0 aromatic heterocycles. The summed E-state index contributed by atoms with van der Waals surface area (Å²) in [5.41, 5.74) is 6.60. The first-order chi connectivity index (χ1) is 9.13. The van der Waals surface area contributed by atoms with Crippen molar-refractivity contribution in [3.63, 3.8) is 0 Å². The van der Waals surface area contributed by atoms with Gasteiger partial charge in [0.1, 0.15) is 18.2 Å². The minimum atomic E-state index is -0.280. The molecular formula is C15H22FNO2. The number of ether oxygens (including phenoxy) is 2. The van der Waals surface area contributed by atoms with Crippen molar-refractivity contribution < 1.29 is 13.9 Å². The highest BCUT2D eigenvalue weighted by Crippen LogP contribution is 2.19. The van der Waals surface area contributed by atoms with Crippen LogP contribution in [0.2, 0.25) is 0 Å². The van der Waals surface area contributed by atoms with Crippen LogP contribution < -0.4 is 10.5 Å². The zero-order chi connectivity index (χ0) is 13.7. The van der Waals surface area contributed by atoms with Crippen molar-refractivity contribution in [2.45, 2.75) is 44.8 Å². The molecule has 2 N–H and O–H groups in total. The third-order valence-electron chi connectivity index (χ3n) is 3.20. The molecule has 1 aromatic rings. The maximum atomic E-state index is 13.5. The molecule has 0 bridgehead atoms. The highest BCUT2D eigenvalue weighted by atomic mass is 19.1. The molecule has 0 radical (unpaired) electrons. The first-order valence-electron chi connectivity index (χ1n) is 6.93. The average molecular weight is 267 g/mol. The molecule has 0 aliphatic carbocycles. The van der Waals surface area contributed by atoms with E-state index < -0.39 is 0 Å². The fraction of sp³-hybridized carbons (Fsp3) is 0.600. The minimum absolute atomic E-state index is 0.0105. The van der Waals surface area contributed by atoms with E-state index in [1.165, 1.54) is 18.6 Å². The van der Waals surface area contributed by atoms with Gasteiger partial charge in [-0.2, -0.15) is 0 Å². The Morgan fingerprint density at radius 3 is 2.95 bits per heavy atom. The molecule has 2 atom stereocenters. The summed E-state index contributed by atoms with van der Waals surface area (Å²) in [4.78, 5) is 0. The van der Waals surface area contributed by atoms with Gasteiger partial charge in [0.15, 0.2) is 0 Å². The van der Waals surface area contributed by atoms with Crippen LogP contribution in [0.4, 0.5) is 4.39 Å². The molecule has 0 saturated carbocycles. The molecule has 2 rings (SSSR count). The van der Waals surface area contributed by atoms with Gasteiger partial charge in [-0.3, -0.25) is 0 Å². The molecule has 1 saturated heterocycles. The summed E-state index contributed by atoms with van der Waals surface area (Å²) >= 11 is 0. The van der Waals surface area contributed by atoms with Crippen LogP contribution in [0.1, 0.15) is 31.7 Å². The maximum Gasteiger partial charge on any atom is 0.127 e. The number of benzene rings is 1. The van der Waals surface area contributed by atoms with Gasteiger partial charge >= 0.3 is 0 Å². The second kappa shape index (κ2) is 6.87. The van der Waals surface area contributed by atoms with Crippen molar-refractivity contribution in [3.8, 4) is 5.75 Å². The van der Waals surface area contributed by atoms with Crippen molar-refractivity contribution in [1.82, 2.24) is 0 Å². The van der Waals surface area contributed by atoms with Gasteiger partial charge in [-0.05, 0) is 50.3 Å². The Bertz CT molecular complexity index is 403. The van der Waals surface area contributed by atoms with Gasteiger partial charge in [0.25, 0.3) is 0 Å². The smallest absolute Gasteiger partial charge is 0.127 e. The number of hydrogen-bond donors (Lipinski definition) is 1. The van der Waals surface area contributed by atoms with E-state index in [0.717, 1.165) is 25.0 Å². The molecule has 1 fully saturated rings. The van der Waals surface area contributed by atoms with E-state index in [0.29, 0.717) is 18.8 Å². The SMILES string of the molecule is CC(N)Cc1cc(F)cc(OCC2CCCCO2)c1. The van der Waals surface area contributed by atoms with Crippen molar-refractivity contribution in [3.05, 3.63) is 29.6 Å². The highest BCUT2D eigenvalue weighted by molar-refractivity contribution is 5.30. The Morgan fingerprint density at radius 2 is 2.26 bits per heavy atom. The second-order valence-electron chi connectivity index (χ2n) is 5.28. The molecule has 106 valence electrons. The minimum Gasteiger partial charge on any atom is -0.491 e. The fourth-order valence-corrected chi connectivity index (χ4v) is 2.32. The summed E-state index contributed by atoms with van der Waals surface area (Å²) in [6.07, 6.45) is 4.09. The lowest BCUT2D eigenvalue weighted by Crippen LogP contribution is -2.25. The molecule has 3 nitrogen and oxygen atoms in total. The number of nitrogens with two attached hydrogens (primary N) is 1. The topological polar surface area (TPSA) is 44.5 Å². The fourth-order valence-electron chi connectivity index (χ4n) is 2.32. The van der Waals surface area contributed by atoms with Crippen LogP contribution in [-0.2, 0) is 11.2 Å². The second-order valence-corrected chi connectivity index (χ2v) is 5.28. The van der Waals surface area contributed by atoms with E-state index in [9.17, 15) is 4.39 Å². The van der Waals surface area contributed by atoms with Crippen LogP contribution in [0, 0.1) is 5.82 Å². The van der Waals surface area contributed by atoms with Crippen LogP contribution in [-0.4, -0.2) is 25.4 Å². The molecular weight excluding hydrogens is 245 g/mol. The predicted molar refractivity (Wildman–Crippen MR) is 72.8 cm³/mol. The molecule has 19 heavy (non-hydrogen) atoms. The number of halogens is 1. The largest absolute Gasteiger partial charge is 0.491 e. The first kappa shape index (κ1) is 14.3. The summed E-state index contributed by atoms with van der Waals surface area (Å²) in [6, 6.07) is 4.78. The molecule has 1 aliphatic rings. The van der Waals surface area contributed by atoms with Gasteiger partial charge in [-0.15, -0.1) is 0 Å². The monoisotopic (exact) mass is 267 g/mol. The third-order valence-corrected chi connectivity index (χ3v) is 3.20. The lowest BCUT2D eigenvalue weighted by molar-refractivity contribution is -0.0111. The molecule has 1 aromatic carbocycles. The summed E-state index contributed by atoms with van der Waals surface area (Å²) < 4.78 is 24.7. The van der Waals surface area contributed by atoms with Crippen LogP contribution >= 0.6 is 0 Å². The third kappa shape index (κ3) is 4.80. The van der Waals surface area contributed by atoms with E-state index in [4.69, 9.17) is 15.2 Å². The molecule has 1 heterocycles. The zero-order valence-electron chi connectivity index (χ0n) is 11.4. The van der Waals surface area contributed by atoms with Gasteiger partial charge in [0.05, 0.1) is 6.10 Å². The van der Waals surface area contributed by atoms with Crippen molar-refractivity contribution in [2.24, 2.45) is 5.73 Å². The standard InChI is InChI=1S/C15H22FNO2/c1-11(17)6-12-7-13(16)9-15(8-12)19-10-14-4-2-3-5-18-14/h7-9,11,14H,2-6,10,17H2,1H3. The summed E-state index contributed by atoms with van der Waals surface area (Å²) in [6.45, 7) is 3.19. The van der Waals surface area contributed by atoms with Crippen molar-refractivity contribution >= 4 is 0 Å². The summed E-state index contributed by atoms with van der Waals surface area (Å²) in [5, 5.41) is 0. The lowest BCUT2D eigenvalue weighted by atomic mass is 10.1. The average Bonchev–Trinajstić information content (AvgIpc) is 2.36. The Kier molecular flexibility index (Phi) is 5.16. The Morgan fingerprint density at radius 1 is 1.42 bits per heavy atom. The molecule has 1 aliphatic heterocycles. The zero-order valence-corrected chi connectivity index (χ0v) is 11.4.